The Labute approximate surface area is 119 Å². The largest absolute Gasteiger partial charge is 0.356 e. The van der Waals surface area contributed by atoms with Crippen LogP contribution in [0.15, 0.2) is 11.1 Å². The molecule has 0 aromatic carbocycles. The minimum absolute atomic E-state index is 0.0690. The summed E-state index contributed by atoms with van der Waals surface area (Å²) in [7, 11) is 0. The molecule has 4 nitrogen and oxygen atoms in total. The number of hydrogen-bond donors (Lipinski definition) is 1. The van der Waals surface area contributed by atoms with E-state index < -0.39 is 0 Å². The van der Waals surface area contributed by atoms with Gasteiger partial charge in [-0.15, -0.1) is 0 Å². The van der Waals surface area contributed by atoms with Crippen molar-refractivity contribution >= 4 is 23.4 Å². The van der Waals surface area contributed by atoms with Crippen LogP contribution in [0, 0.1) is 11.8 Å². The fourth-order valence-electron chi connectivity index (χ4n) is 2.36. The van der Waals surface area contributed by atoms with Crippen LogP contribution in [0.2, 0.25) is 0 Å². The molecule has 19 heavy (non-hydrogen) atoms. The van der Waals surface area contributed by atoms with Crippen molar-refractivity contribution in [3.05, 3.63) is 11.1 Å². The fraction of sp³-hybridized carbons (Fsp3) is 0.714. The highest BCUT2D eigenvalue weighted by molar-refractivity contribution is 6.30. The lowest BCUT2D eigenvalue weighted by atomic mass is 9.97. The van der Waals surface area contributed by atoms with Crippen LogP contribution in [0.5, 0.6) is 0 Å². The minimum atomic E-state index is -0.0906. The Morgan fingerprint density at radius 2 is 2.11 bits per heavy atom. The van der Waals surface area contributed by atoms with Gasteiger partial charge in [-0.25, -0.2) is 0 Å². The second kappa shape index (κ2) is 6.42. The van der Waals surface area contributed by atoms with E-state index in [0.717, 1.165) is 19.4 Å². The number of amides is 2. The molecule has 1 aliphatic heterocycles. The van der Waals surface area contributed by atoms with Crippen LogP contribution in [0.4, 0.5) is 0 Å². The van der Waals surface area contributed by atoms with Crippen molar-refractivity contribution in [1.82, 2.24) is 10.2 Å². The van der Waals surface area contributed by atoms with Gasteiger partial charge in [0.25, 0.3) is 0 Å². The Bertz CT molecular complexity index is 387. The average Bonchev–Trinajstić information content (AvgIpc) is 3.19. The summed E-state index contributed by atoms with van der Waals surface area (Å²) in [6, 6.07) is 0. The minimum Gasteiger partial charge on any atom is -0.356 e. The number of hydrogen-bond acceptors (Lipinski definition) is 2. The van der Waals surface area contributed by atoms with Crippen molar-refractivity contribution in [1.29, 1.82) is 0 Å². The van der Waals surface area contributed by atoms with Crippen molar-refractivity contribution in [3.63, 3.8) is 0 Å². The Kier molecular flexibility index (Phi) is 4.86. The number of likely N-dealkylation sites (tertiary alicyclic amines) is 1. The fourth-order valence-corrected chi connectivity index (χ4v) is 2.46. The Morgan fingerprint density at radius 3 is 2.74 bits per heavy atom. The van der Waals surface area contributed by atoms with E-state index in [-0.39, 0.29) is 17.7 Å². The zero-order valence-electron chi connectivity index (χ0n) is 11.3. The van der Waals surface area contributed by atoms with Crippen LogP contribution in [-0.2, 0) is 9.59 Å². The summed E-state index contributed by atoms with van der Waals surface area (Å²) in [6.07, 6.45) is 5.63. The molecule has 1 saturated heterocycles. The maximum absolute atomic E-state index is 12.0. The predicted molar refractivity (Wildman–Crippen MR) is 74.6 cm³/mol. The summed E-state index contributed by atoms with van der Waals surface area (Å²) in [5.41, 5.74) is 0. The number of halogens is 1. The number of rotatable bonds is 4. The van der Waals surface area contributed by atoms with Crippen LogP contribution in [-0.4, -0.2) is 36.3 Å². The molecule has 0 spiro atoms. The zero-order valence-corrected chi connectivity index (χ0v) is 12.1. The zero-order chi connectivity index (χ0) is 13.8. The van der Waals surface area contributed by atoms with Crippen LogP contribution in [0.3, 0.4) is 0 Å². The Morgan fingerprint density at radius 1 is 1.37 bits per heavy atom. The van der Waals surface area contributed by atoms with E-state index in [1.807, 2.05) is 0 Å². The van der Waals surface area contributed by atoms with Gasteiger partial charge in [0, 0.05) is 30.7 Å². The van der Waals surface area contributed by atoms with Gasteiger partial charge >= 0.3 is 0 Å². The number of carbonyl (C=O) groups is 2. The summed E-state index contributed by atoms with van der Waals surface area (Å²) in [6.45, 7) is 3.70. The topological polar surface area (TPSA) is 49.4 Å². The van der Waals surface area contributed by atoms with E-state index in [1.54, 1.807) is 11.8 Å². The third-order valence-corrected chi connectivity index (χ3v) is 3.80. The van der Waals surface area contributed by atoms with E-state index in [2.05, 4.69) is 5.32 Å². The molecule has 0 radical (unpaired) electrons. The number of nitrogens with one attached hydrogen (secondary N) is 1. The molecule has 0 bridgehead atoms. The highest BCUT2D eigenvalue weighted by Gasteiger charge is 2.29. The molecule has 0 aromatic heterocycles. The van der Waals surface area contributed by atoms with Crippen molar-refractivity contribution < 1.29 is 9.59 Å². The van der Waals surface area contributed by atoms with Gasteiger partial charge in [-0.05, 0) is 38.5 Å². The van der Waals surface area contributed by atoms with Gasteiger partial charge in [-0.3, -0.25) is 9.59 Å². The first-order valence-electron chi connectivity index (χ1n) is 6.96. The van der Waals surface area contributed by atoms with Gasteiger partial charge < -0.3 is 10.2 Å². The van der Waals surface area contributed by atoms with Crippen LogP contribution < -0.4 is 5.32 Å². The molecule has 106 valence electrons. The van der Waals surface area contributed by atoms with Crippen LogP contribution >= 0.6 is 11.6 Å². The maximum atomic E-state index is 12.0. The summed E-state index contributed by atoms with van der Waals surface area (Å²) >= 11 is 5.72. The number of carbonyl (C=O) groups excluding carboxylic acids is 2. The molecule has 1 N–H and O–H groups in total. The quantitative estimate of drug-likeness (QED) is 0.802. The van der Waals surface area contributed by atoms with Gasteiger partial charge in [0.2, 0.25) is 11.8 Å². The number of nitrogens with zero attached hydrogens (tertiary/aromatic N) is 1. The molecule has 1 unspecified atom stereocenters. The molecule has 1 aliphatic carbocycles. The average molecular weight is 285 g/mol. The van der Waals surface area contributed by atoms with Gasteiger partial charge in [0.15, 0.2) is 0 Å². The van der Waals surface area contributed by atoms with E-state index in [0.29, 0.717) is 24.0 Å². The maximum Gasteiger partial charge on any atom is 0.247 e. The molecule has 1 saturated carbocycles. The standard InChI is InChI=1S/C14H21ClN2O2/c1-10(15)7-13(18)17-6-2-3-12(9-17)14(19)16-8-11-4-5-11/h7,11-12H,2-6,8-9H2,1H3,(H,16,19)/b10-7-. The molecule has 1 atom stereocenters. The predicted octanol–water partition coefficient (Wildman–Crippen LogP) is 1.89. The monoisotopic (exact) mass is 284 g/mol. The van der Waals surface area contributed by atoms with E-state index in [1.165, 1.54) is 18.9 Å². The van der Waals surface area contributed by atoms with Crippen molar-refractivity contribution in [2.75, 3.05) is 19.6 Å². The van der Waals surface area contributed by atoms with E-state index in [4.69, 9.17) is 11.6 Å². The third-order valence-electron chi connectivity index (χ3n) is 3.69. The van der Waals surface area contributed by atoms with E-state index >= 15 is 0 Å². The van der Waals surface area contributed by atoms with Crippen molar-refractivity contribution in [2.24, 2.45) is 11.8 Å². The molecule has 2 aliphatic rings. The summed E-state index contributed by atoms with van der Waals surface area (Å²) in [4.78, 5) is 25.6. The van der Waals surface area contributed by atoms with Gasteiger partial charge in [0.05, 0.1) is 5.92 Å². The number of allylic oxidation sites excluding steroid dienone is 1. The second-order valence-corrected chi connectivity index (χ2v) is 6.14. The van der Waals surface area contributed by atoms with Crippen molar-refractivity contribution in [3.8, 4) is 0 Å². The first-order chi connectivity index (χ1) is 9.06. The smallest absolute Gasteiger partial charge is 0.247 e. The molecule has 2 amide bonds. The normalized spacial score (nSPS) is 24.2. The summed E-state index contributed by atoms with van der Waals surface area (Å²) in [5, 5.41) is 3.47. The first-order valence-corrected chi connectivity index (χ1v) is 7.34. The van der Waals surface area contributed by atoms with Crippen LogP contribution in [0.25, 0.3) is 0 Å². The molecular formula is C14H21ClN2O2. The molecule has 5 heteroatoms. The van der Waals surface area contributed by atoms with Gasteiger partial charge in [-0.2, -0.15) is 0 Å². The Balaban J connectivity index is 1.83. The number of piperidine rings is 1. The lowest BCUT2D eigenvalue weighted by Crippen LogP contribution is -2.45. The molecule has 0 aromatic rings. The van der Waals surface area contributed by atoms with Crippen LogP contribution in [0.1, 0.15) is 32.6 Å². The first kappa shape index (κ1) is 14.4. The molecule has 2 rings (SSSR count). The molecule has 1 heterocycles. The van der Waals surface area contributed by atoms with Gasteiger partial charge in [0.1, 0.15) is 0 Å². The summed E-state index contributed by atoms with van der Waals surface area (Å²) < 4.78 is 0. The SMILES string of the molecule is C/C(Cl)=C/C(=O)N1CCCC(C(=O)NCC2CC2)C1. The van der Waals surface area contributed by atoms with Gasteiger partial charge in [-0.1, -0.05) is 11.6 Å². The lowest BCUT2D eigenvalue weighted by molar-refractivity contribution is -0.132. The summed E-state index contributed by atoms with van der Waals surface area (Å²) in [5.74, 6) is 0.621. The van der Waals surface area contributed by atoms with Crippen molar-refractivity contribution in [2.45, 2.75) is 32.6 Å². The third kappa shape index (κ3) is 4.53. The highest BCUT2D eigenvalue weighted by atomic mass is 35.5. The lowest BCUT2D eigenvalue weighted by Gasteiger charge is -2.31. The molecule has 2 fully saturated rings. The van der Waals surface area contributed by atoms with E-state index in [9.17, 15) is 9.59 Å². The second-order valence-electron chi connectivity index (χ2n) is 5.54. The molecular weight excluding hydrogens is 264 g/mol. The Hall–Kier alpha value is -1.03. The highest BCUT2D eigenvalue weighted by Crippen LogP contribution is 2.28.